The summed E-state index contributed by atoms with van der Waals surface area (Å²) in [6, 6.07) is 12.3. The number of non-ortho nitro benzene ring substituents is 1. The molecule has 0 saturated heterocycles. The molecule has 24 heavy (non-hydrogen) atoms. The van der Waals surface area contributed by atoms with Crippen LogP contribution in [0.5, 0.6) is 11.5 Å². The van der Waals surface area contributed by atoms with Crippen LogP contribution in [0.15, 0.2) is 53.6 Å². The zero-order chi connectivity index (χ0) is 17.5. The van der Waals surface area contributed by atoms with Gasteiger partial charge in [-0.3, -0.25) is 20.3 Å². The average Bonchev–Trinajstić information content (AvgIpc) is 2.59. The molecule has 0 heterocycles. The molecule has 0 aliphatic rings. The van der Waals surface area contributed by atoms with Crippen molar-refractivity contribution in [2.75, 3.05) is 12.5 Å². The van der Waals surface area contributed by atoms with Crippen molar-refractivity contribution < 1.29 is 19.2 Å². The van der Waals surface area contributed by atoms with Crippen LogP contribution in [-0.4, -0.2) is 23.7 Å². The van der Waals surface area contributed by atoms with Gasteiger partial charge in [0, 0.05) is 19.1 Å². The number of ether oxygens (including phenoxy) is 2. The smallest absolute Gasteiger partial charge is 0.280 e. The number of anilines is 1. The third-order valence-electron chi connectivity index (χ3n) is 2.94. The van der Waals surface area contributed by atoms with E-state index in [1.807, 2.05) is 0 Å². The van der Waals surface area contributed by atoms with E-state index in [9.17, 15) is 14.9 Å². The third kappa shape index (κ3) is 4.54. The summed E-state index contributed by atoms with van der Waals surface area (Å²) in [6.45, 7) is 1.31. The number of methoxy groups -OCH3 is 1. The maximum atomic E-state index is 11.6. The van der Waals surface area contributed by atoms with Crippen LogP contribution in [0.3, 0.4) is 0 Å². The fourth-order valence-electron chi connectivity index (χ4n) is 1.70. The van der Waals surface area contributed by atoms with Gasteiger partial charge in [-0.05, 0) is 36.4 Å². The van der Waals surface area contributed by atoms with Gasteiger partial charge in [0.2, 0.25) is 5.78 Å². The van der Waals surface area contributed by atoms with Gasteiger partial charge in [0.1, 0.15) is 11.5 Å². The molecule has 2 aromatic rings. The van der Waals surface area contributed by atoms with E-state index in [0.717, 1.165) is 0 Å². The van der Waals surface area contributed by atoms with Gasteiger partial charge in [-0.25, -0.2) is 0 Å². The summed E-state index contributed by atoms with van der Waals surface area (Å²) >= 11 is 0. The van der Waals surface area contributed by atoms with Gasteiger partial charge in [-0.2, -0.15) is 0 Å². The maximum Gasteiger partial charge on any atom is 0.280 e. The number of hydrogen-bond donors (Lipinski definition) is 1. The first kappa shape index (κ1) is 16.9. The van der Waals surface area contributed by atoms with Gasteiger partial charge in [-0.15, -0.1) is 5.10 Å². The SMILES string of the molecule is COc1ccc(N/N=C(\Oc2ccc([N+](=O)[O-])cc2)C(C)=O)cc1. The monoisotopic (exact) mass is 329 g/mol. The Balaban J connectivity index is 2.10. The number of carbonyl (C=O) groups excluding carboxylic acids is 1. The molecule has 8 nitrogen and oxygen atoms in total. The van der Waals surface area contributed by atoms with E-state index in [1.54, 1.807) is 31.4 Å². The number of nitrogens with zero attached hydrogens (tertiary/aromatic N) is 2. The van der Waals surface area contributed by atoms with Crippen LogP contribution in [0.1, 0.15) is 6.92 Å². The summed E-state index contributed by atoms with van der Waals surface area (Å²) in [7, 11) is 1.56. The zero-order valence-electron chi connectivity index (χ0n) is 13.1. The number of carbonyl (C=O) groups is 1. The molecule has 0 fully saturated rings. The Kier molecular flexibility index (Phi) is 5.45. The molecule has 2 aromatic carbocycles. The minimum absolute atomic E-state index is 0.0694. The lowest BCUT2D eigenvalue weighted by Gasteiger charge is -2.07. The lowest BCUT2D eigenvalue weighted by atomic mass is 10.3. The van der Waals surface area contributed by atoms with Crippen molar-refractivity contribution in [1.82, 2.24) is 0 Å². The molecule has 2 rings (SSSR count). The largest absolute Gasteiger partial charge is 0.497 e. The zero-order valence-corrected chi connectivity index (χ0v) is 13.1. The van der Waals surface area contributed by atoms with Crippen molar-refractivity contribution in [1.29, 1.82) is 0 Å². The van der Waals surface area contributed by atoms with Crippen LogP contribution in [0.2, 0.25) is 0 Å². The number of Topliss-reactive ketones (excluding diaryl/α,β-unsaturated/α-hetero) is 1. The Morgan fingerprint density at radius 2 is 1.67 bits per heavy atom. The van der Waals surface area contributed by atoms with Crippen molar-refractivity contribution in [2.45, 2.75) is 6.92 Å². The highest BCUT2D eigenvalue weighted by atomic mass is 16.6. The van der Waals surface area contributed by atoms with E-state index in [-0.39, 0.29) is 17.3 Å². The van der Waals surface area contributed by atoms with Crippen LogP contribution in [0.25, 0.3) is 0 Å². The number of nitrogens with one attached hydrogen (secondary N) is 1. The Labute approximate surface area is 137 Å². The van der Waals surface area contributed by atoms with E-state index in [4.69, 9.17) is 9.47 Å². The number of ketones is 1. The molecule has 124 valence electrons. The molecule has 0 amide bonds. The van der Waals surface area contributed by atoms with Gasteiger partial charge in [0.15, 0.2) is 0 Å². The quantitative estimate of drug-likeness (QED) is 0.378. The summed E-state index contributed by atoms with van der Waals surface area (Å²) in [5.41, 5.74) is 3.28. The van der Waals surface area contributed by atoms with E-state index in [2.05, 4.69) is 10.5 Å². The van der Waals surface area contributed by atoms with Gasteiger partial charge in [0.05, 0.1) is 17.7 Å². The van der Waals surface area contributed by atoms with E-state index in [0.29, 0.717) is 11.4 Å². The van der Waals surface area contributed by atoms with Crippen molar-refractivity contribution in [3.05, 3.63) is 58.6 Å². The molecule has 0 spiro atoms. The van der Waals surface area contributed by atoms with Gasteiger partial charge < -0.3 is 9.47 Å². The van der Waals surface area contributed by atoms with Gasteiger partial charge in [-0.1, -0.05) is 0 Å². The summed E-state index contributed by atoms with van der Waals surface area (Å²) < 4.78 is 10.4. The molecule has 0 aromatic heterocycles. The Morgan fingerprint density at radius 1 is 1.08 bits per heavy atom. The summed E-state index contributed by atoms with van der Waals surface area (Å²) in [5, 5.41) is 14.5. The molecule has 0 saturated carbocycles. The van der Waals surface area contributed by atoms with Crippen LogP contribution in [-0.2, 0) is 4.79 Å². The van der Waals surface area contributed by atoms with Gasteiger partial charge in [0.25, 0.3) is 11.6 Å². The second kappa shape index (κ2) is 7.73. The molecule has 0 aliphatic heterocycles. The highest BCUT2D eigenvalue weighted by molar-refractivity contribution is 6.36. The molecule has 0 radical (unpaired) electrons. The molecule has 0 unspecified atom stereocenters. The van der Waals surface area contributed by atoms with E-state index < -0.39 is 10.7 Å². The first-order valence-corrected chi connectivity index (χ1v) is 6.90. The second-order valence-electron chi connectivity index (χ2n) is 4.67. The number of hydrogen-bond acceptors (Lipinski definition) is 7. The maximum absolute atomic E-state index is 11.6. The number of nitro benzene ring substituents is 1. The normalized spacial score (nSPS) is 10.8. The molecule has 0 atom stereocenters. The number of nitro groups is 1. The van der Waals surface area contributed by atoms with E-state index >= 15 is 0 Å². The predicted octanol–water partition coefficient (Wildman–Crippen LogP) is 3.00. The topological polar surface area (TPSA) is 103 Å². The molecule has 8 heteroatoms. The molecule has 1 N–H and O–H groups in total. The molecule has 0 aliphatic carbocycles. The fourth-order valence-corrected chi connectivity index (χ4v) is 1.70. The summed E-state index contributed by atoms with van der Waals surface area (Å²) in [5.74, 6) is 0.401. The average molecular weight is 329 g/mol. The Morgan fingerprint density at radius 3 is 2.17 bits per heavy atom. The van der Waals surface area contributed by atoms with Crippen molar-refractivity contribution in [2.24, 2.45) is 5.10 Å². The van der Waals surface area contributed by atoms with E-state index in [1.165, 1.54) is 31.2 Å². The minimum Gasteiger partial charge on any atom is -0.497 e. The van der Waals surface area contributed by atoms with Crippen molar-refractivity contribution >= 4 is 23.1 Å². The molecule has 0 bridgehead atoms. The number of hydrazone groups is 1. The van der Waals surface area contributed by atoms with Crippen LogP contribution >= 0.6 is 0 Å². The fraction of sp³-hybridized carbons (Fsp3) is 0.125. The standard InChI is InChI=1S/C16H15N3O5/c1-11(20)16(18-17-12-3-7-14(23-2)8-4-12)24-15-9-5-13(6-10-15)19(21)22/h3-10,17H,1-2H3/b18-16-. The Hall–Kier alpha value is -3.42. The van der Waals surface area contributed by atoms with Crippen LogP contribution in [0, 0.1) is 10.1 Å². The summed E-state index contributed by atoms with van der Waals surface area (Å²) in [6.07, 6.45) is 0. The van der Waals surface area contributed by atoms with Crippen molar-refractivity contribution in [3.8, 4) is 11.5 Å². The summed E-state index contributed by atoms with van der Waals surface area (Å²) in [4.78, 5) is 21.7. The second-order valence-corrected chi connectivity index (χ2v) is 4.67. The predicted molar refractivity (Wildman–Crippen MR) is 88.5 cm³/mol. The minimum atomic E-state index is -0.519. The van der Waals surface area contributed by atoms with Crippen LogP contribution < -0.4 is 14.9 Å². The molecular formula is C16H15N3O5. The lowest BCUT2D eigenvalue weighted by Crippen LogP contribution is -2.19. The highest BCUT2D eigenvalue weighted by Crippen LogP contribution is 2.18. The molecular weight excluding hydrogens is 314 g/mol. The van der Waals surface area contributed by atoms with Crippen molar-refractivity contribution in [3.63, 3.8) is 0 Å². The first-order valence-electron chi connectivity index (χ1n) is 6.90. The van der Waals surface area contributed by atoms with Crippen LogP contribution in [0.4, 0.5) is 11.4 Å². The lowest BCUT2D eigenvalue weighted by molar-refractivity contribution is -0.384. The number of benzene rings is 2. The third-order valence-corrected chi connectivity index (χ3v) is 2.94. The highest BCUT2D eigenvalue weighted by Gasteiger charge is 2.11. The Bertz CT molecular complexity index is 754. The number of rotatable bonds is 6. The first-order chi connectivity index (χ1) is 11.5. The van der Waals surface area contributed by atoms with Gasteiger partial charge >= 0.3 is 0 Å².